The first-order chi connectivity index (χ1) is 9.63. The molecule has 5 heteroatoms. The zero-order chi connectivity index (χ0) is 14.5. The van der Waals surface area contributed by atoms with Crippen molar-refractivity contribution in [3.05, 3.63) is 35.1 Å². The number of nitrogens with one attached hydrogen (secondary N) is 1. The first-order valence-corrected chi connectivity index (χ1v) is 7.11. The Bertz CT molecular complexity index is 447. The molecule has 0 saturated carbocycles. The van der Waals surface area contributed by atoms with Crippen molar-refractivity contribution in [1.82, 2.24) is 5.32 Å². The van der Waals surface area contributed by atoms with Gasteiger partial charge in [-0.15, -0.1) is 0 Å². The van der Waals surface area contributed by atoms with Crippen molar-refractivity contribution >= 4 is 0 Å². The number of hydrogen-bond acceptors (Lipinski definition) is 2. The third-order valence-electron chi connectivity index (χ3n) is 3.69. The third-order valence-corrected chi connectivity index (χ3v) is 3.69. The summed E-state index contributed by atoms with van der Waals surface area (Å²) in [5, 5.41) is 3.13. The van der Waals surface area contributed by atoms with Crippen LogP contribution in [0.3, 0.4) is 0 Å². The van der Waals surface area contributed by atoms with E-state index in [1.165, 1.54) is 6.07 Å². The first kappa shape index (κ1) is 15.3. The largest absolute Gasteiger partial charge is 0.378 e. The van der Waals surface area contributed by atoms with Gasteiger partial charge in [-0.05, 0) is 38.3 Å². The zero-order valence-electron chi connectivity index (χ0n) is 11.6. The lowest BCUT2D eigenvalue weighted by atomic mass is 9.98. The van der Waals surface area contributed by atoms with Gasteiger partial charge in [0.2, 0.25) is 0 Å². The highest BCUT2D eigenvalue weighted by molar-refractivity contribution is 5.23. The molecule has 1 fully saturated rings. The summed E-state index contributed by atoms with van der Waals surface area (Å²) in [7, 11) is 0. The van der Waals surface area contributed by atoms with Crippen molar-refractivity contribution in [2.24, 2.45) is 0 Å². The molecule has 2 nitrogen and oxygen atoms in total. The molecule has 0 bridgehead atoms. The number of hydrogen-bond donors (Lipinski definition) is 1. The van der Waals surface area contributed by atoms with Gasteiger partial charge in [-0.25, -0.2) is 13.2 Å². The van der Waals surface area contributed by atoms with Crippen molar-refractivity contribution in [1.29, 1.82) is 0 Å². The molecule has 0 aromatic heterocycles. The zero-order valence-corrected chi connectivity index (χ0v) is 11.6. The van der Waals surface area contributed by atoms with Gasteiger partial charge in [0, 0.05) is 18.2 Å². The molecule has 112 valence electrons. The summed E-state index contributed by atoms with van der Waals surface area (Å²) >= 11 is 0. The maximum Gasteiger partial charge on any atom is 0.194 e. The van der Waals surface area contributed by atoms with Crippen LogP contribution >= 0.6 is 0 Å². The van der Waals surface area contributed by atoms with Gasteiger partial charge in [0.05, 0.1) is 6.10 Å². The fourth-order valence-corrected chi connectivity index (χ4v) is 2.65. The van der Waals surface area contributed by atoms with Crippen molar-refractivity contribution in [3.8, 4) is 0 Å². The van der Waals surface area contributed by atoms with E-state index in [1.807, 2.05) is 6.92 Å². The number of ether oxygens (including phenoxy) is 1. The molecule has 0 spiro atoms. The predicted molar refractivity (Wildman–Crippen MR) is 70.9 cm³/mol. The molecule has 1 saturated heterocycles. The van der Waals surface area contributed by atoms with E-state index >= 15 is 0 Å². The summed E-state index contributed by atoms with van der Waals surface area (Å²) in [6.07, 6.45) is 3.69. The average molecular weight is 287 g/mol. The van der Waals surface area contributed by atoms with Crippen LogP contribution in [0.4, 0.5) is 13.2 Å². The van der Waals surface area contributed by atoms with Crippen molar-refractivity contribution in [3.63, 3.8) is 0 Å². The summed E-state index contributed by atoms with van der Waals surface area (Å²) in [5.41, 5.74) is 0.184. The van der Waals surface area contributed by atoms with E-state index in [2.05, 4.69) is 5.32 Å². The van der Waals surface area contributed by atoms with E-state index in [-0.39, 0.29) is 17.7 Å². The first-order valence-electron chi connectivity index (χ1n) is 7.11. The lowest BCUT2D eigenvalue weighted by molar-refractivity contribution is 0.0995. The Kier molecular flexibility index (Phi) is 5.43. The van der Waals surface area contributed by atoms with Crippen molar-refractivity contribution in [2.45, 2.75) is 44.8 Å². The highest BCUT2D eigenvalue weighted by Crippen LogP contribution is 2.27. The molecule has 20 heavy (non-hydrogen) atoms. The number of halogens is 3. The lowest BCUT2D eigenvalue weighted by Gasteiger charge is -2.21. The quantitative estimate of drug-likeness (QED) is 0.805. The fraction of sp³-hybridized carbons (Fsp3) is 0.600. The second-order valence-electron chi connectivity index (χ2n) is 5.09. The average Bonchev–Trinajstić information content (AvgIpc) is 2.95. The van der Waals surface area contributed by atoms with Crippen LogP contribution in [0.25, 0.3) is 0 Å². The van der Waals surface area contributed by atoms with E-state index < -0.39 is 17.5 Å². The van der Waals surface area contributed by atoms with Crippen LogP contribution in [-0.2, 0) is 4.74 Å². The van der Waals surface area contributed by atoms with Crippen LogP contribution in [0.1, 0.15) is 44.2 Å². The summed E-state index contributed by atoms with van der Waals surface area (Å²) in [6.45, 7) is 3.31. The molecule has 0 radical (unpaired) electrons. The summed E-state index contributed by atoms with van der Waals surface area (Å²) in [6, 6.07) is 1.97. The van der Waals surface area contributed by atoms with Gasteiger partial charge < -0.3 is 10.1 Å². The maximum absolute atomic E-state index is 13.9. The van der Waals surface area contributed by atoms with Gasteiger partial charge in [-0.2, -0.15) is 0 Å². The molecular weight excluding hydrogens is 267 g/mol. The van der Waals surface area contributed by atoms with Crippen LogP contribution in [0, 0.1) is 17.5 Å². The van der Waals surface area contributed by atoms with Gasteiger partial charge >= 0.3 is 0 Å². The highest BCUT2D eigenvalue weighted by Gasteiger charge is 2.22. The molecule has 1 aromatic rings. The Balaban J connectivity index is 2.08. The Morgan fingerprint density at radius 3 is 2.75 bits per heavy atom. The number of benzene rings is 1. The molecule has 1 N–H and O–H groups in total. The van der Waals surface area contributed by atoms with Crippen LogP contribution in [0.2, 0.25) is 0 Å². The third kappa shape index (κ3) is 3.52. The SMILES string of the molecule is CCNC(CCC1CCCO1)c1ccc(F)c(F)c1F. The summed E-state index contributed by atoms with van der Waals surface area (Å²) in [4.78, 5) is 0. The molecule has 2 unspecified atom stereocenters. The van der Waals surface area contributed by atoms with E-state index in [4.69, 9.17) is 4.74 Å². The van der Waals surface area contributed by atoms with E-state index in [1.54, 1.807) is 0 Å². The molecule has 1 aliphatic heterocycles. The molecule has 2 rings (SSSR count). The molecule has 2 atom stereocenters. The monoisotopic (exact) mass is 287 g/mol. The Morgan fingerprint density at radius 2 is 2.10 bits per heavy atom. The van der Waals surface area contributed by atoms with Crippen LogP contribution in [0.15, 0.2) is 12.1 Å². The normalized spacial score (nSPS) is 20.3. The second-order valence-corrected chi connectivity index (χ2v) is 5.09. The maximum atomic E-state index is 13.9. The lowest BCUT2D eigenvalue weighted by Crippen LogP contribution is -2.24. The molecule has 0 aliphatic carbocycles. The smallest absolute Gasteiger partial charge is 0.194 e. The van der Waals surface area contributed by atoms with Gasteiger partial charge in [0.25, 0.3) is 0 Å². The standard InChI is InChI=1S/C15H20F3NO/c1-2-19-13(8-5-10-4-3-9-20-10)11-6-7-12(16)15(18)14(11)17/h6-7,10,13,19H,2-5,8-9H2,1H3. The summed E-state index contributed by atoms with van der Waals surface area (Å²) < 4.78 is 45.7. The Hall–Kier alpha value is -1.07. The van der Waals surface area contributed by atoms with Gasteiger partial charge in [0.1, 0.15) is 0 Å². The van der Waals surface area contributed by atoms with Gasteiger partial charge in [-0.1, -0.05) is 13.0 Å². The summed E-state index contributed by atoms with van der Waals surface area (Å²) in [5.74, 6) is -3.65. The highest BCUT2D eigenvalue weighted by atomic mass is 19.2. The van der Waals surface area contributed by atoms with Gasteiger partial charge in [0.15, 0.2) is 17.5 Å². The second kappa shape index (κ2) is 7.09. The minimum atomic E-state index is -1.40. The van der Waals surface area contributed by atoms with Gasteiger partial charge in [-0.3, -0.25) is 0 Å². The van der Waals surface area contributed by atoms with Crippen molar-refractivity contribution < 1.29 is 17.9 Å². The fourth-order valence-electron chi connectivity index (χ4n) is 2.65. The minimum Gasteiger partial charge on any atom is -0.378 e. The molecule has 0 amide bonds. The Morgan fingerprint density at radius 1 is 1.30 bits per heavy atom. The minimum absolute atomic E-state index is 0.184. The predicted octanol–water partition coefficient (Wildman–Crippen LogP) is 3.71. The molecule has 1 aromatic carbocycles. The van der Waals surface area contributed by atoms with E-state index in [0.29, 0.717) is 13.0 Å². The van der Waals surface area contributed by atoms with Crippen molar-refractivity contribution in [2.75, 3.05) is 13.2 Å². The topological polar surface area (TPSA) is 21.3 Å². The molecule has 1 aliphatic rings. The van der Waals surface area contributed by atoms with Crippen LogP contribution < -0.4 is 5.32 Å². The molecular formula is C15H20F3NO. The van der Waals surface area contributed by atoms with E-state index in [0.717, 1.165) is 31.9 Å². The van der Waals surface area contributed by atoms with E-state index in [9.17, 15) is 13.2 Å². The number of rotatable bonds is 6. The molecule has 1 heterocycles. The Labute approximate surface area is 117 Å². The van der Waals surface area contributed by atoms with Crippen LogP contribution in [0.5, 0.6) is 0 Å². The van der Waals surface area contributed by atoms with Crippen LogP contribution in [-0.4, -0.2) is 19.3 Å².